The lowest BCUT2D eigenvalue weighted by Crippen LogP contribution is -2.46. The van der Waals surface area contributed by atoms with Crippen LogP contribution in [-0.2, 0) is 0 Å². The van der Waals surface area contributed by atoms with Crippen LogP contribution in [0.25, 0.3) is 0 Å². The van der Waals surface area contributed by atoms with Gasteiger partial charge in [-0.3, -0.25) is 0 Å². The van der Waals surface area contributed by atoms with Gasteiger partial charge in [-0.1, -0.05) is 52.9 Å². The average molecular weight is 299 g/mol. The summed E-state index contributed by atoms with van der Waals surface area (Å²) in [5, 5.41) is 13.1. The maximum absolute atomic E-state index is 9.37. The molecule has 21 heavy (non-hydrogen) atoms. The van der Waals surface area contributed by atoms with Gasteiger partial charge in [0.2, 0.25) is 0 Å². The molecule has 1 rings (SSSR count). The average Bonchev–Trinajstić information content (AvgIpc) is 2.69. The Morgan fingerprint density at radius 3 is 2.29 bits per heavy atom. The van der Waals surface area contributed by atoms with Crippen LogP contribution in [0.3, 0.4) is 0 Å². The van der Waals surface area contributed by atoms with E-state index in [1.165, 1.54) is 51.4 Å². The molecular formula is C18H38N2O. The molecule has 1 fully saturated rings. The van der Waals surface area contributed by atoms with Gasteiger partial charge in [0.15, 0.2) is 0 Å². The molecule has 0 spiro atoms. The summed E-state index contributed by atoms with van der Waals surface area (Å²) in [4.78, 5) is 2.51. The van der Waals surface area contributed by atoms with Crippen molar-refractivity contribution in [2.24, 2.45) is 5.41 Å². The Labute approximate surface area is 132 Å². The molecule has 126 valence electrons. The first kappa shape index (κ1) is 18.9. The summed E-state index contributed by atoms with van der Waals surface area (Å²) in [6.45, 7) is 11.3. The number of nitrogens with zero attached hydrogens (tertiary/aromatic N) is 1. The number of hydrogen-bond donors (Lipinski definition) is 2. The van der Waals surface area contributed by atoms with Gasteiger partial charge in [0.25, 0.3) is 0 Å². The zero-order valence-electron chi connectivity index (χ0n) is 14.7. The van der Waals surface area contributed by atoms with Crippen LogP contribution in [0.4, 0.5) is 0 Å². The maximum Gasteiger partial charge on any atom is 0.0558 e. The normalized spacial score (nSPS) is 19.1. The fraction of sp³-hybridized carbons (Fsp3) is 1.00. The van der Waals surface area contributed by atoms with E-state index in [9.17, 15) is 5.11 Å². The second-order valence-electron chi connectivity index (χ2n) is 7.30. The minimum atomic E-state index is 0.289. The third-order valence-electron chi connectivity index (χ3n) is 4.85. The predicted octanol–water partition coefficient (Wildman–Crippen LogP) is 3.42. The molecule has 0 aliphatic heterocycles. The highest BCUT2D eigenvalue weighted by molar-refractivity contribution is 4.87. The Bertz CT molecular complexity index is 248. The molecule has 0 bridgehead atoms. The lowest BCUT2D eigenvalue weighted by atomic mass is 9.79. The number of rotatable bonds is 10. The van der Waals surface area contributed by atoms with E-state index in [0.717, 1.165) is 26.2 Å². The van der Waals surface area contributed by atoms with E-state index in [2.05, 4.69) is 31.0 Å². The van der Waals surface area contributed by atoms with Crippen molar-refractivity contribution in [1.29, 1.82) is 0 Å². The molecule has 0 aromatic heterocycles. The van der Waals surface area contributed by atoms with E-state index < -0.39 is 0 Å². The molecule has 1 aliphatic carbocycles. The Balaban J connectivity index is 2.67. The Morgan fingerprint density at radius 2 is 1.76 bits per heavy atom. The van der Waals surface area contributed by atoms with Crippen LogP contribution in [0.2, 0.25) is 0 Å². The molecule has 0 radical (unpaired) electrons. The van der Waals surface area contributed by atoms with Gasteiger partial charge in [0.05, 0.1) is 6.61 Å². The Hall–Kier alpha value is -0.120. The minimum absolute atomic E-state index is 0.289. The van der Waals surface area contributed by atoms with E-state index in [1.54, 1.807) is 0 Å². The molecule has 0 unspecified atom stereocenters. The van der Waals surface area contributed by atoms with Gasteiger partial charge < -0.3 is 15.3 Å². The molecule has 0 heterocycles. The fourth-order valence-electron chi connectivity index (χ4n) is 3.56. The molecule has 0 aromatic carbocycles. The molecule has 3 heteroatoms. The Morgan fingerprint density at radius 1 is 1.10 bits per heavy atom. The monoisotopic (exact) mass is 298 g/mol. The van der Waals surface area contributed by atoms with Crippen molar-refractivity contribution in [2.75, 3.05) is 32.8 Å². The van der Waals surface area contributed by atoms with E-state index in [0.29, 0.717) is 11.5 Å². The highest BCUT2D eigenvalue weighted by Crippen LogP contribution is 2.35. The maximum atomic E-state index is 9.37. The first-order valence-corrected chi connectivity index (χ1v) is 9.18. The molecule has 1 saturated carbocycles. The standard InChI is InChI=1S/C18H38N2O/c1-4-5-12-20(13-14-21)16-18(15-19-17(2)3)10-8-6-7-9-11-18/h17,19,21H,4-16H2,1-3H3. The van der Waals surface area contributed by atoms with Crippen LogP contribution in [0.1, 0.15) is 72.1 Å². The zero-order chi connectivity index (χ0) is 15.6. The highest BCUT2D eigenvalue weighted by Gasteiger charge is 2.32. The van der Waals surface area contributed by atoms with Crippen LogP contribution >= 0.6 is 0 Å². The van der Waals surface area contributed by atoms with Gasteiger partial charge in [-0.05, 0) is 31.2 Å². The lowest BCUT2D eigenvalue weighted by Gasteiger charge is -2.39. The predicted molar refractivity (Wildman–Crippen MR) is 91.7 cm³/mol. The summed E-state index contributed by atoms with van der Waals surface area (Å²) in [7, 11) is 0. The zero-order valence-corrected chi connectivity index (χ0v) is 14.7. The summed E-state index contributed by atoms with van der Waals surface area (Å²) >= 11 is 0. The van der Waals surface area contributed by atoms with Gasteiger partial charge >= 0.3 is 0 Å². The summed E-state index contributed by atoms with van der Waals surface area (Å²) in [5.74, 6) is 0. The fourth-order valence-corrected chi connectivity index (χ4v) is 3.56. The van der Waals surface area contributed by atoms with Crippen LogP contribution < -0.4 is 5.32 Å². The van der Waals surface area contributed by atoms with Gasteiger partial charge in [-0.15, -0.1) is 0 Å². The highest BCUT2D eigenvalue weighted by atomic mass is 16.3. The van der Waals surface area contributed by atoms with Crippen LogP contribution in [0, 0.1) is 5.41 Å². The van der Waals surface area contributed by atoms with Crippen molar-refractivity contribution in [3.63, 3.8) is 0 Å². The van der Waals surface area contributed by atoms with Crippen molar-refractivity contribution in [2.45, 2.75) is 78.2 Å². The second kappa shape index (κ2) is 10.6. The van der Waals surface area contributed by atoms with E-state index >= 15 is 0 Å². The van der Waals surface area contributed by atoms with E-state index in [1.807, 2.05) is 0 Å². The topological polar surface area (TPSA) is 35.5 Å². The van der Waals surface area contributed by atoms with Gasteiger partial charge in [0.1, 0.15) is 0 Å². The van der Waals surface area contributed by atoms with E-state index in [4.69, 9.17) is 0 Å². The third kappa shape index (κ3) is 7.62. The molecule has 0 saturated heterocycles. The van der Waals surface area contributed by atoms with E-state index in [-0.39, 0.29) is 6.61 Å². The molecular weight excluding hydrogens is 260 g/mol. The van der Waals surface area contributed by atoms with Crippen LogP contribution in [-0.4, -0.2) is 48.8 Å². The molecule has 0 amide bonds. The van der Waals surface area contributed by atoms with Crippen molar-refractivity contribution in [3.8, 4) is 0 Å². The molecule has 2 N–H and O–H groups in total. The number of aliphatic hydroxyl groups excluding tert-OH is 1. The molecule has 0 atom stereocenters. The molecule has 1 aliphatic rings. The van der Waals surface area contributed by atoms with Crippen molar-refractivity contribution < 1.29 is 5.11 Å². The number of hydrogen-bond acceptors (Lipinski definition) is 3. The molecule has 3 nitrogen and oxygen atoms in total. The summed E-state index contributed by atoms with van der Waals surface area (Å²) < 4.78 is 0. The molecule has 0 aromatic rings. The smallest absolute Gasteiger partial charge is 0.0558 e. The van der Waals surface area contributed by atoms with Crippen molar-refractivity contribution in [3.05, 3.63) is 0 Å². The first-order valence-electron chi connectivity index (χ1n) is 9.18. The van der Waals surface area contributed by atoms with Crippen LogP contribution in [0.15, 0.2) is 0 Å². The minimum Gasteiger partial charge on any atom is -0.395 e. The largest absolute Gasteiger partial charge is 0.395 e. The number of aliphatic hydroxyl groups is 1. The first-order chi connectivity index (χ1) is 10.1. The van der Waals surface area contributed by atoms with Gasteiger partial charge in [-0.2, -0.15) is 0 Å². The number of unbranched alkanes of at least 4 members (excludes halogenated alkanes) is 1. The lowest BCUT2D eigenvalue weighted by molar-refractivity contribution is 0.105. The van der Waals surface area contributed by atoms with Gasteiger partial charge in [-0.25, -0.2) is 0 Å². The quantitative estimate of drug-likeness (QED) is 0.607. The van der Waals surface area contributed by atoms with Gasteiger partial charge in [0, 0.05) is 25.7 Å². The summed E-state index contributed by atoms with van der Waals surface area (Å²) in [6, 6.07) is 0.562. The third-order valence-corrected chi connectivity index (χ3v) is 4.85. The SMILES string of the molecule is CCCCN(CCO)CC1(CNC(C)C)CCCCCC1. The van der Waals surface area contributed by atoms with Crippen LogP contribution in [0.5, 0.6) is 0 Å². The summed E-state index contributed by atoms with van der Waals surface area (Å²) in [6.07, 6.45) is 10.7. The second-order valence-corrected chi connectivity index (χ2v) is 7.30. The summed E-state index contributed by atoms with van der Waals surface area (Å²) in [5.41, 5.74) is 0.420. The van der Waals surface area contributed by atoms with Crippen molar-refractivity contribution >= 4 is 0 Å². The Kier molecular flexibility index (Phi) is 9.54. The number of nitrogens with one attached hydrogen (secondary N) is 1. The van der Waals surface area contributed by atoms with Crippen molar-refractivity contribution in [1.82, 2.24) is 10.2 Å².